The van der Waals surface area contributed by atoms with Gasteiger partial charge in [-0.05, 0) is 32.6 Å². The summed E-state index contributed by atoms with van der Waals surface area (Å²) in [5, 5.41) is 40.8. The van der Waals surface area contributed by atoms with Gasteiger partial charge in [0.05, 0.1) is 30.8 Å². The topological polar surface area (TPSA) is 262 Å². The molecule has 2 aliphatic heterocycles. The maximum absolute atomic E-state index is 13.0. The Morgan fingerprint density at radius 2 is 1.79 bits per heavy atom. The number of nitrogens with one attached hydrogen (secondary N) is 4. The standard InChI is InChI=1S/C23H40N8O8/c1-9(2)16(21(37)38)29-19(35)11(4)27-20(36)17-13(26-10(3)18(34)30-17)5-6-14(32)15(33)7-12-8-31(23(25)39)22(24)28-12/h9-17,26,32-33H,5-8H2,1-4H3,(H2,24,28)(H2,25,39)(H,27,36)(H,29,35)(H,30,34)(H,37,38). The van der Waals surface area contributed by atoms with Crippen LogP contribution in [0.2, 0.25) is 0 Å². The van der Waals surface area contributed by atoms with Gasteiger partial charge in [-0.1, -0.05) is 13.8 Å². The van der Waals surface area contributed by atoms with Gasteiger partial charge in [0.25, 0.3) is 0 Å². The average Bonchev–Trinajstić information content (AvgIpc) is 3.21. The van der Waals surface area contributed by atoms with Crippen LogP contribution in [0.3, 0.4) is 0 Å². The first-order valence-corrected chi connectivity index (χ1v) is 12.8. The number of urea groups is 1. The molecule has 2 rings (SSSR count). The highest BCUT2D eigenvalue weighted by Gasteiger charge is 2.39. The largest absolute Gasteiger partial charge is 0.480 e. The molecule has 0 saturated carbocycles. The summed E-state index contributed by atoms with van der Waals surface area (Å²) in [4.78, 5) is 65.6. The van der Waals surface area contributed by atoms with E-state index in [-0.39, 0.29) is 37.7 Å². The third kappa shape index (κ3) is 8.49. The first kappa shape index (κ1) is 31.7. The SMILES string of the molecule is CC(NC(=O)C1NC(=O)C(C)NC1CCC(O)C(O)CC1CN(C(N)=O)C(N)=N1)C(=O)NC(C(=O)O)C(C)C. The Balaban J connectivity index is 1.97. The molecule has 8 unspecified atom stereocenters. The number of nitrogens with zero attached hydrogens (tertiary/aromatic N) is 2. The van der Waals surface area contributed by atoms with Crippen LogP contribution in [0.15, 0.2) is 4.99 Å². The molecule has 39 heavy (non-hydrogen) atoms. The predicted octanol–water partition coefficient (Wildman–Crippen LogP) is -3.47. The van der Waals surface area contributed by atoms with E-state index in [1.54, 1.807) is 20.8 Å². The lowest BCUT2D eigenvalue weighted by Gasteiger charge is -2.36. The van der Waals surface area contributed by atoms with Crippen molar-refractivity contribution in [1.29, 1.82) is 0 Å². The van der Waals surface area contributed by atoms with E-state index in [1.165, 1.54) is 6.92 Å². The molecule has 8 atom stereocenters. The van der Waals surface area contributed by atoms with Crippen molar-refractivity contribution in [3.8, 4) is 0 Å². The van der Waals surface area contributed by atoms with E-state index >= 15 is 0 Å². The maximum atomic E-state index is 13.0. The molecular formula is C23H40N8O8. The van der Waals surface area contributed by atoms with Crippen LogP contribution < -0.4 is 32.7 Å². The second-order valence-electron chi connectivity index (χ2n) is 10.3. The van der Waals surface area contributed by atoms with Gasteiger partial charge in [-0.25, -0.2) is 14.6 Å². The molecule has 0 radical (unpaired) electrons. The normalized spacial score (nSPS) is 26.2. The van der Waals surface area contributed by atoms with E-state index in [2.05, 4.69) is 26.3 Å². The van der Waals surface area contributed by atoms with Crippen molar-refractivity contribution in [2.24, 2.45) is 22.4 Å². The summed E-state index contributed by atoms with van der Waals surface area (Å²) in [5.74, 6) is -3.47. The molecule has 1 fully saturated rings. The summed E-state index contributed by atoms with van der Waals surface area (Å²) < 4.78 is 0. The fourth-order valence-electron chi connectivity index (χ4n) is 4.44. The molecule has 16 heteroatoms. The van der Waals surface area contributed by atoms with E-state index in [9.17, 15) is 39.3 Å². The second-order valence-corrected chi connectivity index (χ2v) is 10.3. The molecule has 0 bridgehead atoms. The maximum Gasteiger partial charge on any atom is 0.326 e. The monoisotopic (exact) mass is 556 g/mol. The molecule has 1 saturated heterocycles. The number of hydrogen-bond acceptors (Lipinski definition) is 10. The number of hydrogen-bond donors (Lipinski definition) is 9. The lowest BCUT2D eigenvalue weighted by molar-refractivity contribution is -0.143. The smallest absolute Gasteiger partial charge is 0.326 e. The fourth-order valence-corrected chi connectivity index (χ4v) is 4.44. The lowest BCUT2D eigenvalue weighted by Crippen LogP contribution is -2.68. The number of aliphatic hydroxyl groups is 2. The van der Waals surface area contributed by atoms with Crippen LogP contribution in [0.25, 0.3) is 0 Å². The van der Waals surface area contributed by atoms with E-state index < -0.39 is 78.2 Å². The Morgan fingerprint density at radius 1 is 1.15 bits per heavy atom. The second kappa shape index (κ2) is 13.5. The Labute approximate surface area is 225 Å². The first-order chi connectivity index (χ1) is 18.1. The zero-order valence-corrected chi connectivity index (χ0v) is 22.5. The van der Waals surface area contributed by atoms with Gasteiger partial charge in [-0.3, -0.25) is 19.3 Å². The van der Waals surface area contributed by atoms with Crippen LogP contribution in [-0.2, 0) is 19.2 Å². The van der Waals surface area contributed by atoms with Gasteiger partial charge < -0.3 is 48.1 Å². The van der Waals surface area contributed by atoms with Gasteiger partial charge >= 0.3 is 12.0 Å². The number of aliphatic imine (C=N–C) groups is 1. The molecule has 0 aromatic heterocycles. The van der Waals surface area contributed by atoms with E-state index in [0.717, 1.165) is 4.90 Å². The minimum Gasteiger partial charge on any atom is -0.480 e. The number of carbonyl (C=O) groups excluding carboxylic acids is 4. The van der Waals surface area contributed by atoms with Gasteiger partial charge in [-0.15, -0.1) is 0 Å². The molecule has 0 aromatic rings. The number of guanidine groups is 1. The highest BCUT2D eigenvalue weighted by atomic mass is 16.4. The highest BCUT2D eigenvalue weighted by Crippen LogP contribution is 2.18. The average molecular weight is 557 g/mol. The van der Waals surface area contributed by atoms with Crippen molar-refractivity contribution in [1.82, 2.24) is 26.2 Å². The quantitative estimate of drug-likeness (QED) is 0.115. The summed E-state index contributed by atoms with van der Waals surface area (Å²) in [7, 11) is 0. The van der Waals surface area contributed by atoms with Crippen LogP contribution in [0.4, 0.5) is 4.79 Å². The van der Waals surface area contributed by atoms with Gasteiger partial charge in [-0.2, -0.15) is 0 Å². The van der Waals surface area contributed by atoms with Crippen LogP contribution in [-0.4, -0.2) is 111 Å². The lowest BCUT2D eigenvalue weighted by atomic mass is 9.93. The van der Waals surface area contributed by atoms with Gasteiger partial charge in [0, 0.05) is 12.5 Å². The summed E-state index contributed by atoms with van der Waals surface area (Å²) >= 11 is 0. The highest BCUT2D eigenvalue weighted by molar-refractivity contribution is 5.96. The van der Waals surface area contributed by atoms with Crippen molar-refractivity contribution in [2.45, 2.75) is 95.4 Å². The number of primary amides is 1. The van der Waals surface area contributed by atoms with E-state index in [1.807, 2.05) is 0 Å². The van der Waals surface area contributed by atoms with Crippen molar-refractivity contribution >= 4 is 35.7 Å². The van der Waals surface area contributed by atoms with Crippen molar-refractivity contribution in [2.75, 3.05) is 6.54 Å². The predicted molar refractivity (Wildman–Crippen MR) is 138 cm³/mol. The van der Waals surface area contributed by atoms with Crippen LogP contribution in [0, 0.1) is 5.92 Å². The van der Waals surface area contributed by atoms with Crippen molar-refractivity contribution in [3.63, 3.8) is 0 Å². The Morgan fingerprint density at radius 3 is 2.33 bits per heavy atom. The Kier molecular flexibility index (Phi) is 11.0. The summed E-state index contributed by atoms with van der Waals surface area (Å²) in [6, 6.07) is -5.94. The van der Waals surface area contributed by atoms with E-state index in [4.69, 9.17) is 11.5 Å². The number of carbonyl (C=O) groups is 5. The minimum atomic E-state index is -1.21. The number of piperazine rings is 1. The summed E-state index contributed by atoms with van der Waals surface area (Å²) in [5.41, 5.74) is 10.9. The van der Waals surface area contributed by atoms with Crippen LogP contribution in [0.1, 0.15) is 47.0 Å². The molecule has 11 N–H and O–H groups in total. The number of aliphatic hydroxyl groups excluding tert-OH is 2. The Bertz CT molecular complexity index is 976. The number of rotatable bonds is 12. The Hall–Kier alpha value is -3.50. The molecule has 2 heterocycles. The molecule has 0 spiro atoms. The number of carboxylic acids is 1. The number of nitrogens with two attached hydrogens (primary N) is 2. The zero-order chi connectivity index (χ0) is 29.6. The van der Waals surface area contributed by atoms with Crippen LogP contribution >= 0.6 is 0 Å². The van der Waals surface area contributed by atoms with E-state index in [0.29, 0.717) is 0 Å². The molecular weight excluding hydrogens is 516 g/mol. The molecule has 0 aliphatic carbocycles. The van der Waals surface area contributed by atoms with Gasteiger partial charge in [0.15, 0.2) is 5.96 Å². The van der Waals surface area contributed by atoms with Crippen molar-refractivity contribution < 1.29 is 39.3 Å². The molecule has 2 aliphatic rings. The van der Waals surface area contributed by atoms with Crippen molar-refractivity contribution in [3.05, 3.63) is 0 Å². The molecule has 0 aromatic carbocycles. The third-order valence-electron chi connectivity index (χ3n) is 6.80. The minimum absolute atomic E-state index is 0.0150. The van der Waals surface area contributed by atoms with Crippen LogP contribution in [0.5, 0.6) is 0 Å². The van der Waals surface area contributed by atoms with Gasteiger partial charge in [0.2, 0.25) is 17.7 Å². The summed E-state index contributed by atoms with van der Waals surface area (Å²) in [6.07, 6.45) is -2.20. The molecule has 5 amide bonds. The number of aliphatic carboxylic acids is 1. The molecule has 16 nitrogen and oxygen atoms in total. The fraction of sp³-hybridized carbons (Fsp3) is 0.739. The summed E-state index contributed by atoms with van der Waals surface area (Å²) in [6.45, 7) is 6.34. The molecule has 220 valence electrons. The number of amides is 5. The third-order valence-corrected chi connectivity index (χ3v) is 6.80. The first-order valence-electron chi connectivity index (χ1n) is 12.8. The zero-order valence-electron chi connectivity index (χ0n) is 22.5. The number of carboxylic acid groups (broad SMARTS) is 1. The van der Waals surface area contributed by atoms with Gasteiger partial charge in [0.1, 0.15) is 18.1 Å².